The molecule has 2 N–H and O–H groups in total. The minimum Gasteiger partial charge on any atom is -0.350 e. The van der Waals surface area contributed by atoms with Gasteiger partial charge in [-0.3, -0.25) is 18.7 Å². The Morgan fingerprint density at radius 2 is 1.53 bits per heavy atom. The third-order valence-corrected chi connectivity index (χ3v) is 4.80. The van der Waals surface area contributed by atoms with Crippen LogP contribution in [0.2, 0.25) is 0 Å². The molecule has 0 atom stereocenters. The third kappa shape index (κ3) is 4.62. The van der Waals surface area contributed by atoms with Crippen LogP contribution in [0.3, 0.4) is 0 Å². The van der Waals surface area contributed by atoms with Crippen molar-refractivity contribution in [3.05, 3.63) is 64.6 Å². The van der Waals surface area contributed by atoms with Crippen LogP contribution in [0, 0.1) is 0 Å². The zero-order valence-corrected chi connectivity index (χ0v) is 17.6. The molecule has 2 amide bonds. The van der Waals surface area contributed by atoms with E-state index in [-0.39, 0.29) is 36.5 Å². The molecule has 3 aromatic rings. The number of imidazole rings is 1. The van der Waals surface area contributed by atoms with Crippen LogP contribution in [-0.4, -0.2) is 27.0 Å². The number of aryl methyl sites for hydroxylation is 2. The number of fused-ring (bicyclic) bond motifs is 1. The molecule has 0 fully saturated rings. The van der Waals surface area contributed by atoms with Gasteiger partial charge in [0, 0.05) is 25.6 Å². The first-order valence-electron chi connectivity index (χ1n) is 10.3. The molecule has 0 spiro atoms. The number of nitrogens with one attached hydrogen (secondary N) is 2. The highest BCUT2D eigenvalue weighted by Gasteiger charge is 2.16. The molecule has 7 heteroatoms. The van der Waals surface area contributed by atoms with Crippen LogP contribution in [0.5, 0.6) is 0 Å². The van der Waals surface area contributed by atoms with Gasteiger partial charge in [0.2, 0.25) is 5.91 Å². The summed E-state index contributed by atoms with van der Waals surface area (Å²) in [5.41, 5.74) is 2.46. The third-order valence-electron chi connectivity index (χ3n) is 4.80. The fraction of sp³-hybridized carbons (Fsp3) is 0.348. The Bertz CT molecular complexity index is 1110. The summed E-state index contributed by atoms with van der Waals surface area (Å²) >= 11 is 0. The minimum absolute atomic E-state index is 0.00595. The van der Waals surface area contributed by atoms with E-state index >= 15 is 0 Å². The Balaban J connectivity index is 1.76. The van der Waals surface area contributed by atoms with Crippen molar-refractivity contribution in [2.45, 2.75) is 52.7 Å². The van der Waals surface area contributed by atoms with E-state index in [1.165, 1.54) is 0 Å². The number of aromatic nitrogens is 2. The van der Waals surface area contributed by atoms with Crippen molar-refractivity contribution >= 4 is 28.5 Å². The summed E-state index contributed by atoms with van der Waals surface area (Å²) in [5, 5.41) is 5.65. The maximum absolute atomic E-state index is 12.8. The molecule has 1 heterocycles. The Kier molecular flexibility index (Phi) is 6.72. The first-order valence-corrected chi connectivity index (χ1v) is 10.3. The Morgan fingerprint density at radius 3 is 2.17 bits per heavy atom. The Morgan fingerprint density at radius 1 is 0.933 bits per heavy atom. The molecule has 0 saturated heterocycles. The van der Waals surface area contributed by atoms with Crippen molar-refractivity contribution in [2.24, 2.45) is 0 Å². The van der Waals surface area contributed by atoms with Crippen LogP contribution in [0.4, 0.5) is 5.69 Å². The molecule has 2 aromatic carbocycles. The molecule has 7 nitrogen and oxygen atoms in total. The predicted octanol–water partition coefficient (Wildman–Crippen LogP) is 3.38. The number of carbonyl (C=O) groups is 2. The second-order valence-corrected chi connectivity index (χ2v) is 7.55. The molecular formula is C23H28N4O3. The highest BCUT2D eigenvalue weighted by atomic mass is 16.2. The van der Waals surface area contributed by atoms with Gasteiger partial charge in [-0.05, 0) is 44.5 Å². The quantitative estimate of drug-likeness (QED) is 0.599. The Labute approximate surface area is 175 Å². The van der Waals surface area contributed by atoms with Gasteiger partial charge in [0.1, 0.15) is 0 Å². The predicted molar refractivity (Wildman–Crippen MR) is 119 cm³/mol. The fourth-order valence-electron chi connectivity index (χ4n) is 3.48. The molecule has 1 aromatic heterocycles. The van der Waals surface area contributed by atoms with E-state index in [0.717, 1.165) is 17.5 Å². The van der Waals surface area contributed by atoms with Crippen LogP contribution in [0.25, 0.3) is 11.0 Å². The zero-order valence-electron chi connectivity index (χ0n) is 17.6. The van der Waals surface area contributed by atoms with Gasteiger partial charge in [-0.25, -0.2) is 4.79 Å². The van der Waals surface area contributed by atoms with Crippen molar-refractivity contribution in [1.82, 2.24) is 14.5 Å². The van der Waals surface area contributed by atoms with E-state index in [2.05, 4.69) is 10.6 Å². The van der Waals surface area contributed by atoms with E-state index in [1.54, 1.807) is 33.4 Å². The second kappa shape index (κ2) is 9.43. The SMILES string of the molecule is CCCn1c(=O)n(CCC(=O)Nc2ccccc2C(=O)NC(C)C)c2ccccc21. The highest BCUT2D eigenvalue weighted by Crippen LogP contribution is 2.17. The van der Waals surface area contributed by atoms with Crippen LogP contribution < -0.4 is 16.3 Å². The molecule has 0 bridgehead atoms. The number of anilines is 1. The number of hydrogen-bond acceptors (Lipinski definition) is 3. The van der Waals surface area contributed by atoms with Crippen LogP contribution in [0.15, 0.2) is 53.3 Å². The van der Waals surface area contributed by atoms with E-state index in [1.807, 2.05) is 45.0 Å². The smallest absolute Gasteiger partial charge is 0.329 e. The van der Waals surface area contributed by atoms with Crippen LogP contribution in [-0.2, 0) is 17.9 Å². The van der Waals surface area contributed by atoms with Crippen molar-refractivity contribution in [3.8, 4) is 0 Å². The second-order valence-electron chi connectivity index (χ2n) is 7.55. The normalized spacial score (nSPS) is 11.1. The minimum atomic E-state index is -0.251. The summed E-state index contributed by atoms with van der Waals surface area (Å²) in [5.74, 6) is -0.487. The number of hydrogen-bond donors (Lipinski definition) is 2. The molecule has 0 saturated carbocycles. The van der Waals surface area contributed by atoms with Gasteiger partial charge in [-0.2, -0.15) is 0 Å². The molecule has 0 radical (unpaired) electrons. The summed E-state index contributed by atoms with van der Waals surface area (Å²) in [4.78, 5) is 37.8. The molecule has 0 aliphatic rings. The lowest BCUT2D eigenvalue weighted by Gasteiger charge is -2.13. The van der Waals surface area contributed by atoms with Gasteiger partial charge in [0.25, 0.3) is 5.91 Å². The summed E-state index contributed by atoms with van der Waals surface area (Å²) in [6.45, 7) is 6.69. The standard InChI is InChI=1S/C23H28N4O3/c1-4-14-26-19-11-7-8-12-20(19)27(23(26)30)15-13-21(28)25-18-10-6-5-9-17(18)22(29)24-16(2)3/h5-12,16H,4,13-15H2,1-3H3,(H,24,29)(H,25,28). The maximum Gasteiger partial charge on any atom is 0.329 e. The van der Waals surface area contributed by atoms with Gasteiger partial charge >= 0.3 is 5.69 Å². The number of rotatable bonds is 8. The summed E-state index contributed by atoms with van der Waals surface area (Å²) in [6, 6.07) is 14.5. The van der Waals surface area contributed by atoms with Crippen molar-refractivity contribution in [2.75, 3.05) is 5.32 Å². The summed E-state index contributed by atoms with van der Waals surface area (Å²) in [6.07, 6.45) is 0.976. The largest absolute Gasteiger partial charge is 0.350 e. The highest BCUT2D eigenvalue weighted by molar-refractivity contribution is 6.03. The van der Waals surface area contributed by atoms with E-state index in [0.29, 0.717) is 17.8 Å². The molecule has 158 valence electrons. The van der Waals surface area contributed by atoms with Gasteiger partial charge < -0.3 is 10.6 Å². The Hall–Kier alpha value is -3.35. The zero-order chi connectivity index (χ0) is 21.7. The number of nitrogens with zero attached hydrogens (tertiary/aromatic N) is 2. The molecule has 0 aliphatic heterocycles. The summed E-state index contributed by atoms with van der Waals surface area (Å²) in [7, 11) is 0. The number of para-hydroxylation sites is 3. The monoisotopic (exact) mass is 408 g/mol. The van der Waals surface area contributed by atoms with E-state index in [9.17, 15) is 14.4 Å². The lowest BCUT2D eigenvalue weighted by Crippen LogP contribution is -2.31. The van der Waals surface area contributed by atoms with Gasteiger partial charge in [-0.15, -0.1) is 0 Å². The van der Waals surface area contributed by atoms with Gasteiger partial charge in [-0.1, -0.05) is 31.2 Å². The first kappa shape index (κ1) is 21.4. The topological polar surface area (TPSA) is 85.1 Å². The fourth-order valence-corrected chi connectivity index (χ4v) is 3.48. The molecular weight excluding hydrogens is 380 g/mol. The van der Waals surface area contributed by atoms with Crippen molar-refractivity contribution in [1.29, 1.82) is 0 Å². The number of benzene rings is 2. The lowest BCUT2D eigenvalue weighted by molar-refractivity contribution is -0.116. The average molecular weight is 409 g/mol. The molecule has 0 aliphatic carbocycles. The van der Waals surface area contributed by atoms with Gasteiger partial charge in [0.15, 0.2) is 0 Å². The van der Waals surface area contributed by atoms with E-state index < -0.39 is 0 Å². The van der Waals surface area contributed by atoms with Crippen molar-refractivity contribution < 1.29 is 9.59 Å². The van der Waals surface area contributed by atoms with Crippen molar-refractivity contribution in [3.63, 3.8) is 0 Å². The summed E-state index contributed by atoms with van der Waals surface area (Å²) < 4.78 is 3.39. The first-order chi connectivity index (χ1) is 14.4. The van der Waals surface area contributed by atoms with E-state index in [4.69, 9.17) is 0 Å². The van der Waals surface area contributed by atoms with Crippen LogP contribution in [0.1, 0.15) is 44.0 Å². The maximum atomic E-state index is 12.8. The molecule has 3 rings (SSSR count). The lowest BCUT2D eigenvalue weighted by atomic mass is 10.1. The molecule has 30 heavy (non-hydrogen) atoms. The van der Waals surface area contributed by atoms with Crippen LogP contribution >= 0.6 is 0 Å². The number of carbonyl (C=O) groups excluding carboxylic acids is 2. The molecule has 0 unspecified atom stereocenters. The average Bonchev–Trinajstić information content (AvgIpc) is 2.98. The number of amides is 2. The van der Waals surface area contributed by atoms with Gasteiger partial charge in [0.05, 0.1) is 22.3 Å².